The average Bonchev–Trinajstić information content (AvgIpc) is 2.24. The summed E-state index contributed by atoms with van der Waals surface area (Å²) < 4.78 is 19.5. The topological polar surface area (TPSA) is 64.3 Å². The van der Waals surface area contributed by atoms with Crippen LogP contribution in [-0.4, -0.2) is 18.2 Å². The summed E-state index contributed by atoms with van der Waals surface area (Å²) >= 11 is 3.25. The van der Waals surface area contributed by atoms with Gasteiger partial charge < -0.3 is 15.8 Å². The highest BCUT2D eigenvalue weighted by molar-refractivity contribution is 9.10. The van der Waals surface area contributed by atoms with E-state index in [-0.39, 0.29) is 6.54 Å². The maximum Gasteiger partial charge on any atom is 0.408 e. The molecule has 0 saturated heterocycles. The average molecular weight is 333 g/mol. The smallest absolute Gasteiger partial charge is 0.408 e. The number of alkyl carbamates (subject to hydrolysis) is 1. The molecule has 0 aliphatic heterocycles. The van der Waals surface area contributed by atoms with Crippen LogP contribution in [0.5, 0.6) is 0 Å². The van der Waals surface area contributed by atoms with Crippen LogP contribution in [0.25, 0.3) is 0 Å². The maximum atomic E-state index is 13.8. The van der Waals surface area contributed by atoms with E-state index in [9.17, 15) is 9.18 Å². The van der Waals surface area contributed by atoms with E-state index in [1.54, 1.807) is 32.9 Å². The van der Waals surface area contributed by atoms with Gasteiger partial charge in [0.05, 0.1) is 6.04 Å². The number of hydrogen-bond acceptors (Lipinski definition) is 3. The van der Waals surface area contributed by atoms with E-state index < -0.39 is 23.6 Å². The predicted molar refractivity (Wildman–Crippen MR) is 75.3 cm³/mol. The summed E-state index contributed by atoms with van der Waals surface area (Å²) in [5.41, 5.74) is 5.30. The summed E-state index contributed by atoms with van der Waals surface area (Å²) in [6.07, 6.45) is -0.627. The predicted octanol–water partition coefficient (Wildman–Crippen LogP) is 3.11. The summed E-state index contributed by atoms with van der Waals surface area (Å²) in [5.74, 6) is -0.430. The van der Waals surface area contributed by atoms with Gasteiger partial charge in [-0.2, -0.15) is 0 Å². The molecule has 0 fully saturated rings. The number of hydrogen-bond donors (Lipinski definition) is 2. The monoisotopic (exact) mass is 332 g/mol. The highest BCUT2D eigenvalue weighted by Gasteiger charge is 2.23. The number of halogens is 2. The molecule has 6 heteroatoms. The van der Waals surface area contributed by atoms with Crippen LogP contribution in [0.1, 0.15) is 32.4 Å². The Balaban J connectivity index is 2.87. The first-order chi connectivity index (χ1) is 8.74. The lowest BCUT2D eigenvalue weighted by atomic mass is 10.1. The molecule has 19 heavy (non-hydrogen) atoms. The van der Waals surface area contributed by atoms with Crippen molar-refractivity contribution in [2.75, 3.05) is 6.54 Å². The Kier molecular flexibility index (Phi) is 5.31. The number of carbonyl (C=O) groups excluding carboxylic acids is 1. The number of benzene rings is 1. The Hall–Kier alpha value is -1.14. The summed E-state index contributed by atoms with van der Waals surface area (Å²) in [6.45, 7) is 5.33. The van der Waals surface area contributed by atoms with Crippen molar-refractivity contribution < 1.29 is 13.9 Å². The van der Waals surface area contributed by atoms with Gasteiger partial charge in [0.2, 0.25) is 0 Å². The van der Waals surface area contributed by atoms with Crippen LogP contribution in [-0.2, 0) is 4.74 Å². The van der Waals surface area contributed by atoms with Crippen LogP contribution in [0.3, 0.4) is 0 Å². The Morgan fingerprint density at radius 2 is 2.16 bits per heavy atom. The van der Waals surface area contributed by atoms with Crippen LogP contribution in [0, 0.1) is 5.82 Å². The van der Waals surface area contributed by atoms with E-state index in [0.29, 0.717) is 10.0 Å². The minimum Gasteiger partial charge on any atom is -0.444 e. The van der Waals surface area contributed by atoms with Gasteiger partial charge in [0.15, 0.2) is 0 Å². The molecule has 1 rings (SSSR count). The van der Waals surface area contributed by atoms with Gasteiger partial charge in [-0.25, -0.2) is 9.18 Å². The molecule has 0 bridgehead atoms. The van der Waals surface area contributed by atoms with Gasteiger partial charge in [0.25, 0.3) is 0 Å². The maximum absolute atomic E-state index is 13.8. The normalized spacial score (nSPS) is 12.9. The highest BCUT2D eigenvalue weighted by Crippen LogP contribution is 2.26. The number of ether oxygens (including phenoxy) is 1. The van der Waals surface area contributed by atoms with Crippen molar-refractivity contribution in [3.05, 3.63) is 34.1 Å². The molecule has 1 aromatic rings. The largest absolute Gasteiger partial charge is 0.444 e. The third-order valence-electron chi connectivity index (χ3n) is 2.27. The molecule has 0 spiro atoms. The third kappa shape index (κ3) is 4.80. The first-order valence-electron chi connectivity index (χ1n) is 5.88. The molecule has 1 unspecified atom stereocenters. The Morgan fingerprint density at radius 1 is 1.53 bits per heavy atom. The van der Waals surface area contributed by atoms with Crippen molar-refractivity contribution in [3.63, 3.8) is 0 Å². The number of amides is 1. The zero-order valence-corrected chi connectivity index (χ0v) is 12.8. The summed E-state index contributed by atoms with van der Waals surface area (Å²) in [5, 5.41) is 2.57. The fourth-order valence-corrected chi connectivity index (χ4v) is 2.16. The second-order valence-corrected chi connectivity index (χ2v) is 5.92. The quantitative estimate of drug-likeness (QED) is 0.893. The lowest BCUT2D eigenvalue weighted by Crippen LogP contribution is -2.38. The second kappa shape index (κ2) is 6.34. The van der Waals surface area contributed by atoms with Gasteiger partial charge in [-0.15, -0.1) is 0 Å². The van der Waals surface area contributed by atoms with Crippen LogP contribution in [0.2, 0.25) is 0 Å². The Labute approximate surface area is 120 Å². The molecular formula is C13H18BrFN2O2. The number of carbonyl (C=O) groups is 1. The van der Waals surface area contributed by atoms with Gasteiger partial charge in [0.1, 0.15) is 11.4 Å². The molecule has 3 N–H and O–H groups in total. The third-order valence-corrected chi connectivity index (χ3v) is 2.97. The highest BCUT2D eigenvalue weighted by atomic mass is 79.9. The minimum absolute atomic E-state index is 0.0682. The molecule has 0 radical (unpaired) electrons. The molecule has 1 aromatic carbocycles. The first-order valence-corrected chi connectivity index (χ1v) is 6.67. The molecule has 0 aliphatic rings. The zero-order chi connectivity index (χ0) is 14.6. The van der Waals surface area contributed by atoms with Crippen molar-refractivity contribution in [3.8, 4) is 0 Å². The summed E-state index contributed by atoms with van der Waals surface area (Å²) in [7, 11) is 0. The molecular weight excluding hydrogens is 315 g/mol. The van der Waals surface area contributed by atoms with Crippen LogP contribution in [0.4, 0.5) is 9.18 Å². The van der Waals surface area contributed by atoms with Crippen molar-refractivity contribution >= 4 is 22.0 Å². The van der Waals surface area contributed by atoms with Gasteiger partial charge in [-0.3, -0.25) is 0 Å². The van der Waals surface area contributed by atoms with Crippen molar-refractivity contribution in [1.82, 2.24) is 5.32 Å². The first kappa shape index (κ1) is 15.9. The molecule has 106 valence electrons. The summed E-state index contributed by atoms with van der Waals surface area (Å²) in [4.78, 5) is 11.7. The zero-order valence-electron chi connectivity index (χ0n) is 11.2. The van der Waals surface area contributed by atoms with Gasteiger partial charge in [-0.1, -0.05) is 22.0 Å². The van der Waals surface area contributed by atoms with E-state index in [2.05, 4.69) is 21.2 Å². The fraction of sp³-hybridized carbons (Fsp3) is 0.462. The molecule has 0 saturated carbocycles. The van der Waals surface area contributed by atoms with E-state index in [0.717, 1.165) is 0 Å². The number of rotatable bonds is 3. The van der Waals surface area contributed by atoms with E-state index in [1.807, 2.05) is 0 Å². The van der Waals surface area contributed by atoms with Crippen LogP contribution >= 0.6 is 15.9 Å². The molecule has 0 heterocycles. The van der Waals surface area contributed by atoms with Crippen molar-refractivity contribution in [1.29, 1.82) is 0 Å². The van der Waals surface area contributed by atoms with Crippen molar-refractivity contribution in [2.24, 2.45) is 5.73 Å². The minimum atomic E-state index is -0.648. The van der Waals surface area contributed by atoms with Gasteiger partial charge in [-0.05, 0) is 32.9 Å². The Morgan fingerprint density at radius 3 is 2.63 bits per heavy atom. The molecule has 0 aromatic heterocycles. The summed E-state index contributed by atoms with van der Waals surface area (Å²) in [6, 6.07) is 3.94. The van der Waals surface area contributed by atoms with Crippen LogP contribution in [0.15, 0.2) is 22.7 Å². The van der Waals surface area contributed by atoms with Gasteiger partial charge in [0, 0.05) is 16.6 Å². The van der Waals surface area contributed by atoms with Crippen molar-refractivity contribution in [2.45, 2.75) is 32.4 Å². The number of nitrogens with one attached hydrogen (secondary N) is 1. The van der Waals surface area contributed by atoms with E-state index in [1.165, 1.54) is 6.07 Å². The lowest BCUT2D eigenvalue weighted by molar-refractivity contribution is 0.0504. The second-order valence-electron chi connectivity index (χ2n) is 5.07. The molecule has 1 amide bonds. The number of nitrogens with two attached hydrogens (primary N) is 1. The van der Waals surface area contributed by atoms with E-state index in [4.69, 9.17) is 10.5 Å². The lowest BCUT2D eigenvalue weighted by Gasteiger charge is -2.24. The SMILES string of the molecule is CC(C)(C)OC(=O)NC(CN)c1c(F)cccc1Br. The Bertz CT molecular complexity index is 440. The van der Waals surface area contributed by atoms with Crippen LogP contribution < -0.4 is 11.1 Å². The standard InChI is InChI=1S/C13H18BrFN2O2/c1-13(2,3)19-12(18)17-10(7-16)11-8(14)5-4-6-9(11)15/h4-6,10H,7,16H2,1-3H3,(H,17,18). The molecule has 4 nitrogen and oxygen atoms in total. The molecule has 1 atom stereocenters. The fourth-order valence-electron chi connectivity index (χ4n) is 1.54. The van der Waals surface area contributed by atoms with E-state index >= 15 is 0 Å². The molecule has 0 aliphatic carbocycles. The van der Waals surface area contributed by atoms with Gasteiger partial charge >= 0.3 is 6.09 Å².